The van der Waals surface area contributed by atoms with E-state index in [1.807, 2.05) is 0 Å². The molecule has 0 spiro atoms. The fraction of sp³-hybridized carbons (Fsp3) is 0.545. The number of azide groups is 1. The number of hydrogen-bond donors (Lipinski definition) is 3. The first-order chi connectivity index (χ1) is 9.95. The van der Waals surface area contributed by atoms with E-state index in [1.54, 1.807) is 0 Å². The predicted octanol–water partition coefficient (Wildman–Crippen LogP) is -0.259. The minimum atomic E-state index is -1.86. The Bertz CT molecular complexity index is 546. The third-order valence-corrected chi connectivity index (χ3v) is 3.37. The van der Waals surface area contributed by atoms with E-state index in [9.17, 15) is 14.6 Å². The van der Waals surface area contributed by atoms with Gasteiger partial charge in [0.15, 0.2) is 12.4 Å². The number of ether oxygens (including phenoxy) is 1. The highest BCUT2D eigenvalue weighted by atomic mass is 19.1. The molecule has 0 aromatic rings. The maximum Gasteiger partial charge on any atom is 0.174 e. The fourth-order valence-corrected chi connectivity index (χ4v) is 2.21. The number of amidine groups is 1. The molecule has 2 heterocycles. The predicted molar refractivity (Wildman–Crippen MR) is 71.3 cm³/mol. The molecule has 0 aliphatic carbocycles. The Balaban J connectivity index is 2.25. The van der Waals surface area contributed by atoms with E-state index in [2.05, 4.69) is 21.6 Å². The molecule has 2 aliphatic rings. The van der Waals surface area contributed by atoms with E-state index in [0.29, 0.717) is 0 Å². The van der Waals surface area contributed by atoms with Crippen LogP contribution in [-0.4, -0.2) is 58.2 Å². The minimum absolute atomic E-state index is 0.132. The summed E-state index contributed by atoms with van der Waals surface area (Å²) in [5, 5.41) is 22.7. The molecule has 2 aliphatic heterocycles. The zero-order valence-electron chi connectivity index (χ0n) is 11.0. The molecule has 10 heteroatoms. The summed E-state index contributed by atoms with van der Waals surface area (Å²) in [5.74, 6) is 0.333. The van der Waals surface area contributed by atoms with E-state index in [4.69, 9.17) is 16.0 Å². The maximum absolute atomic E-state index is 14.3. The van der Waals surface area contributed by atoms with Crippen molar-refractivity contribution in [2.45, 2.75) is 24.1 Å². The maximum atomic E-state index is 14.3. The first kappa shape index (κ1) is 15.3. The number of aliphatic hydroxyl groups is 2. The molecule has 0 aromatic heterocycles. The van der Waals surface area contributed by atoms with Crippen molar-refractivity contribution in [2.75, 3.05) is 13.2 Å². The number of rotatable bonds is 4. The van der Waals surface area contributed by atoms with Crippen molar-refractivity contribution in [1.82, 2.24) is 4.90 Å². The molecular formula is C11H15FN6O3. The number of nitrogens with two attached hydrogens (primary N) is 1. The van der Waals surface area contributed by atoms with Gasteiger partial charge in [0.2, 0.25) is 0 Å². The largest absolute Gasteiger partial charge is 0.393 e. The van der Waals surface area contributed by atoms with Gasteiger partial charge in [-0.05, 0) is 11.6 Å². The molecule has 1 saturated heterocycles. The SMILES string of the molecule is C=C1N=C(N)C=CN1[C@@H]1O[C@@](CO)(CN=[N+]=[N-])[C@@H](O)[C@@H]1F. The molecule has 0 saturated carbocycles. The van der Waals surface area contributed by atoms with Gasteiger partial charge in [-0.1, -0.05) is 11.7 Å². The summed E-state index contributed by atoms with van der Waals surface area (Å²) in [7, 11) is 0. The lowest BCUT2D eigenvalue weighted by Gasteiger charge is -2.31. The minimum Gasteiger partial charge on any atom is -0.393 e. The second kappa shape index (κ2) is 5.70. The molecule has 2 rings (SSSR count). The third kappa shape index (κ3) is 2.57. The topological polar surface area (TPSA) is 140 Å². The second-order valence-electron chi connectivity index (χ2n) is 4.69. The van der Waals surface area contributed by atoms with Crippen LogP contribution in [0.3, 0.4) is 0 Å². The summed E-state index contributed by atoms with van der Waals surface area (Å²) in [5.41, 5.74) is 12.1. The summed E-state index contributed by atoms with van der Waals surface area (Å²) in [4.78, 5) is 7.65. The summed E-state index contributed by atoms with van der Waals surface area (Å²) >= 11 is 0. The average molecular weight is 298 g/mol. The third-order valence-electron chi connectivity index (χ3n) is 3.37. The molecule has 0 unspecified atom stereocenters. The molecule has 1 fully saturated rings. The fourth-order valence-electron chi connectivity index (χ4n) is 2.21. The monoisotopic (exact) mass is 298 g/mol. The molecule has 21 heavy (non-hydrogen) atoms. The summed E-state index contributed by atoms with van der Waals surface area (Å²) in [6.45, 7) is 2.50. The Morgan fingerprint density at radius 1 is 1.71 bits per heavy atom. The van der Waals surface area contributed by atoms with E-state index >= 15 is 0 Å². The lowest BCUT2D eigenvalue weighted by molar-refractivity contribution is -0.128. The van der Waals surface area contributed by atoms with Crippen molar-refractivity contribution in [3.05, 3.63) is 35.1 Å². The summed E-state index contributed by atoms with van der Waals surface area (Å²) in [6.07, 6.45) is -1.95. The van der Waals surface area contributed by atoms with Gasteiger partial charge in [-0.15, -0.1) is 0 Å². The van der Waals surface area contributed by atoms with Crippen molar-refractivity contribution in [3.8, 4) is 0 Å². The van der Waals surface area contributed by atoms with Crippen molar-refractivity contribution >= 4 is 5.84 Å². The Hall–Kier alpha value is -2.13. The van der Waals surface area contributed by atoms with Crippen LogP contribution >= 0.6 is 0 Å². The van der Waals surface area contributed by atoms with E-state index in [0.717, 1.165) is 0 Å². The molecule has 0 aromatic carbocycles. The molecule has 9 nitrogen and oxygen atoms in total. The smallest absolute Gasteiger partial charge is 0.174 e. The van der Waals surface area contributed by atoms with Gasteiger partial charge in [0, 0.05) is 11.1 Å². The molecule has 4 N–H and O–H groups in total. The highest BCUT2D eigenvalue weighted by molar-refractivity contribution is 5.92. The number of aliphatic hydroxyl groups excluding tert-OH is 2. The lowest BCUT2D eigenvalue weighted by Crippen LogP contribution is -2.48. The van der Waals surface area contributed by atoms with Gasteiger partial charge in [0.25, 0.3) is 0 Å². The number of alkyl halides is 1. The van der Waals surface area contributed by atoms with Crippen LogP contribution in [0.2, 0.25) is 0 Å². The van der Waals surface area contributed by atoms with Crippen molar-refractivity contribution in [3.63, 3.8) is 0 Å². The van der Waals surface area contributed by atoms with Crippen LogP contribution in [0.15, 0.2) is 34.8 Å². The first-order valence-corrected chi connectivity index (χ1v) is 6.06. The lowest BCUT2D eigenvalue weighted by atomic mass is 9.97. The van der Waals surface area contributed by atoms with Crippen LogP contribution in [0.5, 0.6) is 0 Å². The van der Waals surface area contributed by atoms with E-state index in [-0.39, 0.29) is 11.7 Å². The van der Waals surface area contributed by atoms with Gasteiger partial charge in [-0.2, -0.15) is 0 Å². The zero-order valence-corrected chi connectivity index (χ0v) is 11.0. The zero-order chi connectivity index (χ0) is 15.6. The number of hydrogen-bond acceptors (Lipinski definition) is 7. The van der Waals surface area contributed by atoms with Crippen LogP contribution in [-0.2, 0) is 4.74 Å². The molecule has 114 valence electrons. The van der Waals surface area contributed by atoms with Crippen LogP contribution in [0.25, 0.3) is 10.4 Å². The quantitative estimate of drug-likeness (QED) is 0.372. The van der Waals surface area contributed by atoms with Gasteiger partial charge in [-0.25, -0.2) is 9.38 Å². The summed E-state index contributed by atoms with van der Waals surface area (Å²) in [6, 6.07) is 0. The van der Waals surface area contributed by atoms with Gasteiger partial charge in [-0.3, -0.25) is 0 Å². The van der Waals surface area contributed by atoms with Crippen LogP contribution in [0.1, 0.15) is 0 Å². The highest BCUT2D eigenvalue weighted by Crippen LogP contribution is 2.37. The summed E-state index contributed by atoms with van der Waals surface area (Å²) < 4.78 is 19.8. The highest BCUT2D eigenvalue weighted by Gasteiger charge is 2.56. The van der Waals surface area contributed by atoms with Gasteiger partial charge < -0.3 is 25.6 Å². The molecule has 0 radical (unpaired) electrons. The first-order valence-electron chi connectivity index (χ1n) is 6.06. The van der Waals surface area contributed by atoms with Gasteiger partial charge >= 0.3 is 0 Å². The van der Waals surface area contributed by atoms with Gasteiger partial charge in [0.1, 0.15) is 23.4 Å². The normalized spacial score (nSPS) is 35.6. The molecule has 0 amide bonds. The molecule has 0 bridgehead atoms. The number of aliphatic imine (C=N–C) groups is 1. The van der Waals surface area contributed by atoms with Crippen molar-refractivity contribution in [1.29, 1.82) is 0 Å². The second-order valence-corrected chi connectivity index (χ2v) is 4.69. The van der Waals surface area contributed by atoms with E-state index < -0.39 is 37.3 Å². The standard InChI is InChI=1S/C11H15FN6O3/c1-6-16-7(13)2-3-18(6)10-8(12)9(20)11(5-19,21-10)4-15-17-14/h2-3,8-10,19-20H,1,4-5H2,(H2,13,16)/t8-,9-,10+,11+/m0/s1. The van der Waals surface area contributed by atoms with Crippen LogP contribution < -0.4 is 5.73 Å². The van der Waals surface area contributed by atoms with E-state index in [1.165, 1.54) is 17.2 Å². The Morgan fingerprint density at radius 3 is 3.00 bits per heavy atom. The van der Waals surface area contributed by atoms with Crippen molar-refractivity contribution in [2.24, 2.45) is 15.8 Å². The molecule has 4 atom stereocenters. The van der Waals surface area contributed by atoms with Crippen molar-refractivity contribution < 1.29 is 19.3 Å². The Kier molecular flexibility index (Phi) is 4.14. The van der Waals surface area contributed by atoms with Crippen LogP contribution in [0.4, 0.5) is 4.39 Å². The Morgan fingerprint density at radius 2 is 2.43 bits per heavy atom. The average Bonchev–Trinajstić information content (AvgIpc) is 2.71. The number of halogens is 1. The number of nitrogens with zero attached hydrogens (tertiary/aromatic N) is 5. The Labute approximate surface area is 119 Å². The van der Waals surface area contributed by atoms with Gasteiger partial charge in [0.05, 0.1) is 13.2 Å². The molecular weight excluding hydrogens is 283 g/mol. The van der Waals surface area contributed by atoms with Crippen LogP contribution in [0, 0.1) is 0 Å².